The van der Waals surface area contributed by atoms with Crippen LogP contribution < -0.4 is 5.73 Å². The van der Waals surface area contributed by atoms with Gasteiger partial charge in [-0.05, 0) is 65.7 Å². The molecule has 4 nitrogen and oxygen atoms in total. The van der Waals surface area contributed by atoms with E-state index >= 15 is 0 Å². The van der Waals surface area contributed by atoms with Crippen molar-refractivity contribution in [1.82, 2.24) is 0 Å². The Hall–Kier alpha value is -1.62. The molecule has 1 aromatic rings. The molecule has 0 aliphatic heterocycles. The van der Waals surface area contributed by atoms with Crippen molar-refractivity contribution >= 4 is 27.8 Å². The van der Waals surface area contributed by atoms with Crippen LogP contribution in [-0.2, 0) is 11.2 Å². The van der Waals surface area contributed by atoms with Crippen LogP contribution in [-0.4, -0.2) is 17.0 Å². The summed E-state index contributed by atoms with van der Waals surface area (Å²) in [6, 6.07) is 5.53. The number of benzene rings is 1. The molecule has 0 aliphatic carbocycles. The van der Waals surface area contributed by atoms with E-state index in [1.807, 2.05) is 19.1 Å². The first-order chi connectivity index (χ1) is 11.0. The van der Waals surface area contributed by atoms with Crippen LogP contribution in [0.15, 0.2) is 34.8 Å². The second kappa shape index (κ2) is 10.2. The normalized spacial score (nSPS) is 12.4. The minimum atomic E-state index is -0.687. The smallest absolute Gasteiger partial charge is 0.306 e. The third-order valence-electron chi connectivity index (χ3n) is 3.83. The zero-order valence-electron chi connectivity index (χ0n) is 13.4. The fourth-order valence-corrected chi connectivity index (χ4v) is 3.00. The molecule has 1 aromatic carbocycles. The molecular formula is C18H24BrNO3. The number of primary amides is 1. The van der Waals surface area contributed by atoms with Crippen LogP contribution in [0.1, 0.15) is 54.9 Å². The maximum Gasteiger partial charge on any atom is 0.306 e. The Morgan fingerprint density at radius 1 is 1.30 bits per heavy atom. The fourth-order valence-electron chi connectivity index (χ4n) is 2.38. The molecule has 1 atom stereocenters. The number of carboxylic acids is 1. The van der Waals surface area contributed by atoms with E-state index in [-0.39, 0.29) is 5.92 Å². The molecule has 0 bridgehead atoms. The standard InChI is InChI=1S/C18H24BrNO3/c1-2-14(18(22)23)9-7-5-3-4-6-8-13-10-11-15(17(20)21)16(19)12-13/h4,6,10-12,14H,2-3,5,7-9H2,1H3,(H2,20,21)(H,22,23). The maximum absolute atomic E-state index is 11.1. The molecule has 1 amide bonds. The first-order valence-electron chi connectivity index (χ1n) is 7.91. The van der Waals surface area contributed by atoms with Gasteiger partial charge in [0.25, 0.3) is 0 Å². The lowest BCUT2D eigenvalue weighted by molar-refractivity contribution is -0.142. The van der Waals surface area contributed by atoms with Gasteiger partial charge in [0.2, 0.25) is 5.91 Å². The number of carbonyl (C=O) groups is 2. The van der Waals surface area contributed by atoms with Crippen LogP contribution in [0.25, 0.3) is 0 Å². The molecule has 0 fully saturated rings. The van der Waals surface area contributed by atoms with Gasteiger partial charge in [-0.2, -0.15) is 0 Å². The van der Waals surface area contributed by atoms with Crippen LogP contribution in [0.4, 0.5) is 0 Å². The number of halogens is 1. The van der Waals surface area contributed by atoms with Crippen molar-refractivity contribution in [1.29, 1.82) is 0 Å². The first-order valence-corrected chi connectivity index (χ1v) is 8.71. The molecule has 0 aromatic heterocycles. The van der Waals surface area contributed by atoms with Gasteiger partial charge in [0, 0.05) is 4.47 Å². The van der Waals surface area contributed by atoms with Crippen molar-refractivity contribution in [2.24, 2.45) is 11.7 Å². The van der Waals surface area contributed by atoms with Gasteiger partial charge >= 0.3 is 5.97 Å². The largest absolute Gasteiger partial charge is 0.481 e. The minimum absolute atomic E-state index is 0.208. The molecule has 0 aliphatic rings. The molecule has 126 valence electrons. The highest BCUT2D eigenvalue weighted by Crippen LogP contribution is 2.19. The van der Waals surface area contributed by atoms with Gasteiger partial charge in [-0.1, -0.05) is 31.6 Å². The Morgan fingerprint density at radius 2 is 2.04 bits per heavy atom. The molecule has 5 heteroatoms. The van der Waals surface area contributed by atoms with E-state index in [4.69, 9.17) is 10.8 Å². The van der Waals surface area contributed by atoms with Crippen molar-refractivity contribution in [3.63, 3.8) is 0 Å². The van der Waals surface area contributed by atoms with Gasteiger partial charge in [0.1, 0.15) is 0 Å². The average Bonchev–Trinajstić information content (AvgIpc) is 2.49. The van der Waals surface area contributed by atoms with Crippen LogP contribution in [0.2, 0.25) is 0 Å². The molecule has 1 rings (SSSR count). The molecule has 23 heavy (non-hydrogen) atoms. The van der Waals surface area contributed by atoms with E-state index in [1.54, 1.807) is 6.07 Å². The summed E-state index contributed by atoms with van der Waals surface area (Å²) < 4.78 is 0.718. The summed E-state index contributed by atoms with van der Waals surface area (Å²) in [5.41, 5.74) is 6.86. The monoisotopic (exact) mass is 381 g/mol. The molecule has 0 heterocycles. The summed E-state index contributed by atoms with van der Waals surface area (Å²) in [4.78, 5) is 22.0. The molecule has 0 saturated carbocycles. The van der Waals surface area contributed by atoms with Gasteiger partial charge in [-0.25, -0.2) is 0 Å². The van der Waals surface area contributed by atoms with Gasteiger partial charge in [0.15, 0.2) is 0 Å². The third kappa shape index (κ3) is 6.99. The number of carboxylic acid groups (broad SMARTS) is 1. The lowest BCUT2D eigenvalue weighted by Gasteiger charge is -2.08. The summed E-state index contributed by atoms with van der Waals surface area (Å²) in [5.74, 6) is -1.33. The van der Waals surface area contributed by atoms with E-state index < -0.39 is 11.9 Å². The second-order valence-corrected chi connectivity index (χ2v) is 6.44. The number of aliphatic carboxylic acids is 1. The van der Waals surface area contributed by atoms with Gasteiger partial charge in [-0.3, -0.25) is 9.59 Å². The van der Waals surface area contributed by atoms with Crippen LogP contribution in [0, 0.1) is 5.92 Å². The Kier molecular flexibility index (Phi) is 8.62. The molecular weight excluding hydrogens is 358 g/mol. The molecule has 0 radical (unpaired) electrons. The van der Waals surface area contributed by atoms with Crippen molar-refractivity contribution in [2.45, 2.75) is 45.4 Å². The van der Waals surface area contributed by atoms with E-state index in [9.17, 15) is 9.59 Å². The number of hydrogen-bond donors (Lipinski definition) is 2. The quantitative estimate of drug-likeness (QED) is 0.467. The SMILES string of the molecule is CCC(CCCCC=CCc1ccc(C(N)=O)c(Br)c1)C(=O)O. The van der Waals surface area contributed by atoms with Gasteiger partial charge in [0.05, 0.1) is 11.5 Å². The third-order valence-corrected chi connectivity index (χ3v) is 4.49. The Balaban J connectivity index is 2.30. The van der Waals surface area contributed by atoms with E-state index in [0.717, 1.165) is 42.1 Å². The highest BCUT2D eigenvalue weighted by Gasteiger charge is 2.13. The summed E-state index contributed by atoms with van der Waals surface area (Å²) in [7, 11) is 0. The number of hydrogen-bond acceptors (Lipinski definition) is 2. The van der Waals surface area contributed by atoms with Crippen LogP contribution in [0.3, 0.4) is 0 Å². The lowest BCUT2D eigenvalue weighted by atomic mass is 9.99. The van der Waals surface area contributed by atoms with Crippen molar-refractivity contribution < 1.29 is 14.7 Å². The van der Waals surface area contributed by atoms with E-state index in [2.05, 4.69) is 28.1 Å². The number of amides is 1. The molecule has 0 spiro atoms. The first kappa shape index (κ1) is 19.4. The zero-order chi connectivity index (χ0) is 17.2. The lowest BCUT2D eigenvalue weighted by Crippen LogP contribution is -2.12. The van der Waals surface area contributed by atoms with Gasteiger partial charge < -0.3 is 10.8 Å². The van der Waals surface area contributed by atoms with E-state index in [0.29, 0.717) is 12.0 Å². The highest BCUT2D eigenvalue weighted by molar-refractivity contribution is 9.10. The second-order valence-electron chi connectivity index (χ2n) is 5.58. The number of carbonyl (C=O) groups excluding carboxylic acids is 1. The average molecular weight is 382 g/mol. The molecule has 1 unspecified atom stereocenters. The maximum atomic E-state index is 11.1. The fraction of sp³-hybridized carbons (Fsp3) is 0.444. The summed E-state index contributed by atoms with van der Waals surface area (Å²) in [6.07, 6.45) is 9.36. The summed E-state index contributed by atoms with van der Waals surface area (Å²) in [5, 5.41) is 8.97. The highest BCUT2D eigenvalue weighted by atomic mass is 79.9. The summed E-state index contributed by atoms with van der Waals surface area (Å²) in [6.45, 7) is 1.92. The van der Waals surface area contributed by atoms with Crippen molar-refractivity contribution in [2.75, 3.05) is 0 Å². The van der Waals surface area contributed by atoms with Gasteiger partial charge in [-0.15, -0.1) is 0 Å². The van der Waals surface area contributed by atoms with E-state index in [1.165, 1.54) is 0 Å². The molecule has 3 N–H and O–H groups in total. The molecule has 0 saturated heterocycles. The Morgan fingerprint density at radius 3 is 2.61 bits per heavy atom. The van der Waals surface area contributed by atoms with Crippen molar-refractivity contribution in [3.8, 4) is 0 Å². The Bertz CT molecular complexity index is 569. The number of allylic oxidation sites excluding steroid dienone is 2. The topological polar surface area (TPSA) is 80.4 Å². The number of unbranched alkanes of at least 4 members (excludes halogenated alkanes) is 2. The van der Waals surface area contributed by atoms with Crippen LogP contribution >= 0.6 is 15.9 Å². The minimum Gasteiger partial charge on any atom is -0.481 e. The van der Waals surface area contributed by atoms with Crippen molar-refractivity contribution in [3.05, 3.63) is 46.0 Å². The number of rotatable bonds is 10. The summed E-state index contributed by atoms with van der Waals surface area (Å²) >= 11 is 3.35. The number of nitrogens with two attached hydrogens (primary N) is 1. The Labute approximate surface area is 145 Å². The van der Waals surface area contributed by atoms with Crippen LogP contribution in [0.5, 0.6) is 0 Å². The predicted molar refractivity (Wildman–Crippen MR) is 95.4 cm³/mol. The zero-order valence-corrected chi connectivity index (χ0v) is 15.0. The predicted octanol–water partition coefficient (Wildman–Crippen LogP) is 4.32.